The van der Waals surface area contributed by atoms with Gasteiger partial charge in [0, 0.05) is 24.5 Å². The highest BCUT2D eigenvalue weighted by Crippen LogP contribution is 2.27. The number of fused-ring (bicyclic) bond motifs is 1. The number of pyridine rings is 1. The molecule has 1 aromatic heterocycles. The summed E-state index contributed by atoms with van der Waals surface area (Å²) in [6, 6.07) is 9.02. The first-order chi connectivity index (χ1) is 9.76. The van der Waals surface area contributed by atoms with Crippen molar-refractivity contribution in [3.05, 3.63) is 53.3 Å². The maximum absolute atomic E-state index is 12.1. The van der Waals surface area contributed by atoms with E-state index in [1.54, 1.807) is 6.07 Å². The molecule has 98 valence electrons. The van der Waals surface area contributed by atoms with Gasteiger partial charge in [-0.05, 0) is 29.8 Å². The molecule has 5 heteroatoms. The Hall–Kier alpha value is -2.87. The first kappa shape index (κ1) is 12.2. The molecule has 3 rings (SSSR count). The largest absolute Gasteiger partial charge is 0.493 e. The molecule has 0 unspecified atom stereocenters. The Balaban J connectivity index is 1.80. The Labute approximate surface area is 115 Å². The summed E-state index contributed by atoms with van der Waals surface area (Å²) in [6.45, 7) is 0.681. The summed E-state index contributed by atoms with van der Waals surface area (Å²) < 4.78 is 5.41. The van der Waals surface area contributed by atoms with Gasteiger partial charge in [0.05, 0.1) is 17.7 Å². The highest BCUT2D eigenvalue weighted by molar-refractivity contribution is 6.04. The van der Waals surface area contributed by atoms with E-state index < -0.39 is 0 Å². The molecular formula is C15H11N3O2. The number of hydrogen-bond acceptors (Lipinski definition) is 4. The van der Waals surface area contributed by atoms with Crippen LogP contribution >= 0.6 is 0 Å². The number of carbonyl (C=O) groups excluding carboxylic acids is 1. The summed E-state index contributed by atoms with van der Waals surface area (Å²) in [4.78, 5) is 16.0. The average Bonchev–Trinajstić information content (AvgIpc) is 2.95. The zero-order chi connectivity index (χ0) is 13.9. The molecule has 0 radical (unpaired) electrons. The molecule has 0 saturated heterocycles. The molecule has 0 fully saturated rings. The van der Waals surface area contributed by atoms with E-state index in [4.69, 9.17) is 10.00 Å². The number of nitrogens with one attached hydrogen (secondary N) is 1. The number of nitrogens with zero attached hydrogens (tertiary/aromatic N) is 2. The van der Waals surface area contributed by atoms with E-state index in [0.29, 0.717) is 23.4 Å². The van der Waals surface area contributed by atoms with Gasteiger partial charge in [-0.25, -0.2) is 0 Å². The molecule has 5 nitrogen and oxygen atoms in total. The molecule has 0 aliphatic carbocycles. The van der Waals surface area contributed by atoms with Crippen molar-refractivity contribution in [2.45, 2.75) is 6.42 Å². The van der Waals surface area contributed by atoms with Crippen molar-refractivity contribution < 1.29 is 9.53 Å². The molecule has 1 amide bonds. The van der Waals surface area contributed by atoms with Crippen molar-refractivity contribution in [2.24, 2.45) is 0 Å². The van der Waals surface area contributed by atoms with E-state index in [2.05, 4.69) is 10.3 Å². The van der Waals surface area contributed by atoms with Gasteiger partial charge in [0.25, 0.3) is 5.91 Å². The first-order valence-corrected chi connectivity index (χ1v) is 6.18. The Morgan fingerprint density at radius 3 is 3.10 bits per heavy atom. The maximum atomic E-state index is 12.1. The van der Waals surface area contributed by atoms with Crippen LogP contribution in [0.2, 0.25) is 0 Å². The fourth-order valence-electron chi connectivity index (χ4n) is 2.09. The molecule has 0 saturated carbocycles. The molecule has 2 heterocycles. The highest BCUT2D eigenvalue weighted by atomic mass is 16.5. The molecule has 1 aromatic carbocycles. The number of nitriles is 1. The van der Waals surface area contributed by atoms with Gasteiger partial charge in [0.2, 0.25) is 0 Å². The molecule has 0 spiro atoms. The van der Waals surface area contributed by atoms with E-state index in [1.165, 1.54) is 18.5 Å². The van der Waals surface area contributed by atoms with Crippen molar-refractivity contribution >= 4 is 11.6 Å². The van der Waals surface area contributed by atoms with Crippen molar-refractivity contribution in [1.82, 2.24) is 4.98 Å². The second kappa shape index (κ2) is 5.02. The molecule has 0 bridgehead atoms. The third-order valence-electron chi connectivity index (χ3n) is 3.08. The number of aromatic nitrogens is 1. The molecule has 20 heavy (non-hydrogen) atoms. The van der Waals surface area contributed by atoms with Gasteiger partial charge in [-0.2, -0.15) is 5.26 Å². The Bertz CT molecular complexity index is 719. The summed E-state index contributed by atoms with van der Waals surface area (Å²) in [5, 5.41) is 11.6. The predicted octanol–water partition coefficient (Wildman–Crippen LogP) is 2.14. The standard InChI is InChI=1S/C15H11N3O2/c16-7-10-5-12(9-17-8-10)15(19)18-13-1-2-14-11(6-13)3-4-20-14/h1-2,5-6,8-9H,3-4H2,(H,18,19). The minimum Gasteiger partial charge on any atom is -0.493 e. The number of rotatable bonds is 2. The first-order valence-electron chi connectivity index (χ1n) is 6.18. The van der Waals surface area contributed by atoms with Crippen LogP contribution < -0.4 is 10.1 Å². The third-order valence-corrected chi connectivity index (χ3v) is 3.08. The van der Waals surface area contributed by atoms with Crippen LogP contribution in [-0.2, 0) is 6.42 Å². The minimum atomic E-state index is -0.284. The van der Waals surface area contributed by atoms with Crippen LogP contribution in [0.4, 0.5) is 5.69 Å². The van der Waals surface area contributed by atoms with E-state index in [1.807, 2.05) is 18.2 Å². The fourth-order valence-corrected chi connectivity index (χ4v) is 2.09. The van der Waals surface area contributed by atoms with Crippen LogP contribution in [0.3, 0.4) is 0 Å². The van der Waals surface area contributed by atoms with Gasteiger partial charge < -0.3 is 10.1 Å². The Morgan fingerprint density at radius 2 is 2.25 bits per heavy atom. The van der Waals surface area contributed by atoms with E-state index in [0.717, 1.165) is 17.7 Å². The van der Waals surface area contributed by atoms with Crippen LogP contribution in [0.25, 0.3) is 0 Å². The van der Waals surface area contributed by atoms with Crippen molar-refractivity contribution in [3.8, 4) is 11.8 Å². The second-order valence-corrected chi connectivity index (χ2v) is 4.45. The lowest BCUT2D eigenvalue weighted by Gasteiger charge is -2.06. The van der Waals surface area contributed by atoms with Crippen LogP contribution in [0, 0.1) is 11.3 Å². The number of benzene rings is 1. The van der Waals surface area contributed by atoms with E-state index in [-0.39, 0.29) is 5.91 Å². The summed E-state index contributed by atoms with van der Waals surface area (Å²) >= 11 is 0. The van der Waals surface area contributed by atoms with Gasteiger partial charge in [-0.3, -0.25) is 9.78 Å². The average molecular weight is 265 g/mol. The third kappa shape index (κ3) is 2.31. The molecular weight excluding hydrogens is 254 g/mol. The van der Waals surface area contributed by atoms with Crippen molar-refractivity contribution in [2.75, 3.05) is 11.9 Å². The number of amides is 1. The number of ether oxygens (including phenoxy) is 1. The smallest absolute Gasteiger partial charge is 0.257 e. The predicted molar refractivity (Wildman–Crippen MR) is 72.5 cm³/mol. The zero-order valence-electron chi connectivity index (χ0n) is 10.6. The summed E-state index contributed by atoms with van der Waals surface area (Å²) in [7, 11) is 0. The van der Waals surface area contributed by atoms with E-state index >= 15 is 0 Å². The van der Waals surface area contributed by atoms with Gasteiger partial charge in [0.1, 0.15) is 11.8 Å². The van der Waals surface area contributed by atoms with Gasteiger partial charge >= 0.3 is 0 Å². The molecule has 1 aliphatic heterocycles. The van der Waals surface area contributed by atoms with Crippen LogP contribution in [0.1, 0.15) is 21.5 Å². The topological polar surface area (TPSA) is 75.0 Å². The SMILES string of the molecule is N#Cc1cncc(C(=O)Nc2ccc3c(c2)CCO3)c1. The second-order valence-electron chi connectivity index (χ2n) is 4.45. The number of hydrogen-bond donors (Lipinski definition) is 1. The lowest BCUT2D eigenvalue weighted by atomic mass is 10.1. The molecule has 2 aromatic rings. The van der Waals surface area contributed by atoms with Gasteiger partial charge in [-0.15, -0.1) is 0 Å². The minimum absolute atomic E-state index is 0.284. The Kier molecular flexibility index (Phi) is 3.05. The van der Waals surface area contributed by atoms with E-state index in [9.17, 15) is 4.79 Å². The van der Waals surface area contributed by atoms with Crippen molar-refractivity contribution in [1.29, 1.82) is 5.26 Å². The molecule has 1 aliphatic rings. The van der Waals surface area contributed by atoms with Crippen LogP contribution in [0.15, 0.2) is 36.7 Å². The lowest BCUT2D eigenvalue weighted by molar-refractivity contribution is 0.102. The zero-order valence-corrected chi connectivity index (χ0v) is 10.6. The summed E-state index contributed by atoms with van der Waals surface area (Å²) in [6.07, 6.45) is 3.71. The summed E-state index contributed by atoms with van der Waals surface area (Å²) in [5.41, 5.74) is 2.52. The number of anilines is 1. The van der Waals surface area contributed by atoms with Gasteiger partial charge in [0.15, 0.2) is 0 Å². The Morgan fingerprint density at radius 1 is 1.35 bits per heavy atom. The van der Waals surface area contributed by atoms with Crippen LogP contribution in [0.5, 0.6) is 5.75 Å². The maximum Gasteiger partial charge on any atom is 0.257 e. The quantitative estimate of drug-likeness (QED) is 0.902. The fraction of sp³-hybridized carbons (Fsp3) is 0.133. The van der Waals surface area contributed by atoms with Gasteiger partial charge in [-0.1, -0.05) is 0 Å². The molecule has 1 N–H and O–H groups in total. The lowest BCUT2D eigenvalue weighted by Crippen LogP contribution is -2.12. The number of carbonyl (C=O) groups is 1. The van der Waals surface area contributed by atoms with Crippen molar-refractivity contribution in [3.63, 3.8) is 0 Å². The summed E-state index contributed by atoms with van der Waals surface area (Å²) in [5.74, 6) is 0.588. The van der Waals surface area contributed by atoms with Crippen LogP contribution in [-0.4, -0.2) is 17.5 Å². The monoisotopic (exact) mass is 265 g/mol. The highest BCUT2D eigenvalue weighted by Gasteiger charge is 2.13. The normalized spacial score (nSPS) is 12.2. The molecule has 0 atom stereocenters.